The topological polar surface area (TPSA) is 6.48 Å². The van der Waals surface area contributed by atoms with E-state index in [2.05, 4.69) is 47.1 Å². The van der Waals surface area contributed by atoms with Crippen LogP contribution < -0.4 is 4.90 Å². The minimum absolute atomic E-state index is 0.117. The summed E-state index contributed by atoms with van der Waals surface area (Å²) in [6, 6.07) is 17.7. The molecule has 0 aromatic heterocycles. The first-order valence-corrected chi connectivity index (χ1v) is 8.01. The first kappa shape index (κ1) is 15.0. The predicted octanol–water partition coefficient (Wildman–Crippen LogP) is 3.75. The van der Waals surface area contributed by atoms with Crippen LogP contribution in [-0.4, -0.2) is 37.6 Å². The van der Waals surface area contributed by atoms with Crippen molar-refractivity contribution in [3.8, 4) is 0 Å². The van der Waals surface area contributed by atoms with Crippen molar-refractivity contribution in [2.24, 2.45) is 0 Å². The Morgan fingerprint density at radius 2 is 1.55 bits per heavy atom. The molecule has 2 nitrogen and oxygen atoms in total. The van der Waals surface area contributed by atoms with Gasteiger partial charge in [0.15, 0.2) is 0 Å². The largest absolute Gasteiger partial charge is 0.367 e. The second-order valence-electron chi connectivity index (χ2n) is 6.05. The number of para-hydroxylation sites is 1. The molecule has 1 unspecified atom stereocenters. The van der Waals surface area contributed by atoms with Crippen LogP contribution in [0.4, 0.5) is 10.1 Å². The van der Waals surface area contributed by atoms with Gasteiger partial charge in [-0.3, -0.25) is 4.90 Å². The number of rotatable bonds is 4. The highest BCUT2D eigenvalue weighted by Crippen LogP contribution is 2.22. The lowest BCUT2D eigenvalue weighted by atomic mass is 10.0. The summed E-state index contributed by atoms with van der Waals surface area (Å²) < 4.78 is 13.8. The van der Waals surface area contributed by atoms with E-state index < -0.39 is 0 Å². The van der Waals surface area contributed by atoms with Gasteiger partial charge in [-0.1, -0.05) is 49.4 Å². The fraction of sp³-hybridized carbons (Fsp3) is 0.368. The molecule has 0 aliphatic carbocycles. The van der Waals surface area contributed by atoms with E-state index in [0.29, 0.717) is 5.92 Å². The van der Waals surface area contributed by atoms with Gasteiger partial charge in [0.25, 0.3) is 0 Å². The van der Waals surface area contributed by atoms with Gasteiger partial charge >= 0.3 is 0 Å². The van der Waals surface area contributed by atoms with Crippen molar-refractivity contribution >= 4 is 5.69 Å². The van der Waals surface area contributed by atoms with Gasteiger partial charge in [0.2, 0.25) is 0 Å². The number of halogens is 1. The van der Waals surface area contributed by atoms with Crippen LogP contribution in [0.1, 0.15) is 18.4 Å². The molecule has 1 fully saturated rings. The van der Waals surface area contributed by atoms with Crippen LogP contribution in [0.3, 0.4) is 0 Å². The summed E-state index contributed by atoms with van der Waals surface area (Å²) >= 11 is 0. The van der Waals surface area contributed by atoms with Crippen molar-refractivity contribution in [2.75, 3.05) is 37.6 Å². The second-order valence-corrected chi connectivity index (χ2v) is 6.05. The number of piperazine rings is 1. The van der Waals surface area contributed by atoms with E-state index in [1.807, 2.05) is 12.1 Å². The molecular formula is C19H23FN2. The summed E-state index contributed by atoms with van der Waals surface area (Å²) in [6.07, 6.45) is 0. The summed E-state index contributed by atoms with van der Waals surface area (Å²) in [5.41, 5.74) is 2.12. The van der Waals surface area contributed by atoms with Gasteiger partial charge in [-0.15, -0.1) is 0 Å². The molecule has 0 N–H and O–H groups in total. The Bertz CT molecular complexity index is 591. The van der Waals surface area contributed by atoms with Crippen LogP contribution in [0.25, 0.3) is 0 Å². The fourth-order valence-corrected chi connectivity index (χ4v) is 3.15. The van der Waals surface area contributed by atoms with E-state index in [9.17, 15) is 4.39 Å². The molecule has 0 bridgehead atoms. The standard InChI is InChI=1S/C19H23FN2/c1-16(17-7-3-2-4-8-17)15-21-11-13-22(14-12-21)19-10-6-5-9-18(19)20/h2-10,16H,11-15H2,1H3. The average molecular weight is 298 g/mol. The summed E-state index contributed by atoms with van der Waals surface area (Å²) in [5, 5.41) is 0. The molecule has 1 aliphatic heterocycles. The Balaban J connectivity index is 1.55. The van der Waals surface area contributed by atoms with Crippen LogP contribution in [0, 0.1) is 5.82 Å². The maximum absolute atomic E-state index is 13.8. The normalized spacial score (nSPS) is 17.5. The molecule has 2 aromatic rings. The van der Waals surface area contributed by atoms with Crippen molar-refractivity contribution in [3.63, 3.8) is 0 Å². The zero-order valence-electron chi connectivity index (χ0n) is 13.1. The minimum Gasteiger partial charge on any atom is -0.367 e. The highest BCUT2D eigenvalue weighted by molar-refractivity contribution is 5.48. The van der Waals surface area contributed by atoms with Gasteiger partial charge in [0.05, 0.1) is 5.69 Å². The summed E-state index contributed by atoms with van der Waals surface area (Å²) in [6.45, 7) is 7.11. The van der Waals surface area contributed by atoms with Crippen LogP contribution in [0.15, 0.2) is 54.6 Å². The molecule has 2 aromatic carbocycles. The average Bonchev–Trinajstić information content (AvgIpc) is 2.57. The number of benzene rings is 2. The van der Waals surface area contributed by atoms with Gasteiger partial charge in [0.1, 0.15) is 5.82 Å². The van der Waals surface area contributed by atoms with Crippen molar-refractivity contribution < 1.29 is 4.39 Å². The lowest BCUT2D eigenvalue weighted by molar-refractivity contribution is 0.245. The Morgan fingerprint density at radius 3 is 2.23 bits per heavy atom. The first-order chi connectivity index (χ1) is 10.7. The Morgan fingerprint density at radius 1 is 0.909 bits per heavy atom. The van der Waals surface area contributed by atoms with Crippen LogP contribution in [0.5, 0.6) is 0 Å². The molecule has 1 atom stereocenters. The molecule has 0 amide bonds. The third-order valence-electron chi connectivity index (χ3n) is 4.47. The fourth-order valence-electron chi connectivity index (χ4n) is 3.15. The number of hydrogen-bond acceptors (Lipinski definition) is 2. The third kappa shape index (κ3) is 3.47. The quantitative estimate of drug-likeness (QED) is 0.848. The maximum atomic E-state index is 13.8. The van der Waals surface area contributed by atoms with Gasteiger partial charge in [-0.25, -0.2) is 4.39 Å². The third-order valence-corrected chi connectivity index (χ3v) is 4.47. The summed E-state index contributed by atoms with van der Waals surface area (Å²) in [4.78, 5) is 4.63. The van der Waals surface area contributed by atoms with Crippen molar-refractivity contribution in [1.82, 2.24) is 4.90 Å². The summed E-state index contributed by atoms with van der Waals surface area (Å²) in [7, 11) is 0. The Hall–Kier alpha value is -1.87. The van der Waals surface area contributed by atoms with Crippen LogP contribution in [-0.2, 0) is 0 Å². The highest BCUT2D eigenvalue weighted by Gasteiger charge is 2.20. The molecule has 116 valence electrons. The van der Waals surface area contributed by atoms with Gasteiger partial charge < -0.3 is 4.90 Å². The molecular weight excluding hydrogens is 275 g/mol. The molecule has 0 saturated carbocycles. The predicted molar refractivity (Wildman–Crippen MR) is 89.9 cm³/mol. The van der Waals surface area contributed by atoms with Crippen LogP contribution in [0.2, 0.25) is 0 Å². The summed E-state index contributed by atoms with van der Waals surface area (Å²) in [5.74, 6) is 0.412. The molecule has 0 radical (unpaired) electrons. The molecule has 1 aliphatic rings. The van der Waals surface area contributed by atoms with E-state index in [4.69, 9.17) is 0 Å². The minimum atomic E-state index is -0.117. The molecule has 22 heavy (non-hydrogen) atoms. The lowest BCUT2D eigenvalue weighted by Gasteiger charge is -2.37. The molecule has 3 rings (SSSR count). The van der Waals surface area contributed by atoms with Gasteiger partial charge in [-0.05, 0) is 23.6 Å². The SMILES string of the molecule is CC(CN1CCN(c2ccccc2F)CC1)c1ccccc1. The van der Waals surface area contributed by atoms with E-state index >= 15 is 0 Å². The zero-order valence-corrected chi connectivity index (χ0v) is 13.1. The zero-order chi connectivity index (χ0) is 15.4. The Kier molecular flexibility index (Phi) is 4.74. The van der Waals surface area contributed by atoms with Gasteiger partial charge in [0, 0.05) is 32.7 Å². The van der Waals surface area contributed by atoms with Gasteiger partial charge in [-0.2, -0.15) is 0 Å². The first-order valence-electron chi connectivity index (χ1n) is 8.01. The smallest absolute Gasteiger partial charge is 0.146 e. The van der Waals surface area contributed by atoms with Crippen molar-refractivity contribution in [1.29, 1.82) is 0 Å². The lowest BCUT2D eigenvalue weighted by Crippen LogP contribution is -2.47. The number of anilines is 1. The second kappa shape index (κ2) is 6.93. The molecule has 1 saturated heterocycles. The number of nitrogens with zero attached hydrogens (tertiary/aromatic N) is 2. The van der Waals surface area contributed by atoms with E-state index in [0.717, 1.165) is 38.4 Å². The molecule has 3 heteroatoms. The van der Waals surface area contributed by atoms with Crippen molar-refractivity contribution in [3.05, 3.63) is 66.0 Å². The van der Waals surface area contributed by atoms with E-state index in [1.165, 1.54) is 5.56 Å². The van der Waals surface area contributed by atoms with Crippen LogP contribution >= 0.6 is 0 Å². The molecule has 1 heterocycles. The highest BCUT2D eigenvalue weighted by atomic mass is 19.1. The van der Waals surface area contributed by atoms with Crippen molar-refractivity contribution in [2.45, 2.75) is 12.8 Å². The Labute approximate surface area is 132 Å². The van der Waals surface area contributed by atoms with E-state index in [-0.39, 0.29) is 5.82 Å². The number of hydrogen-bond donors (Lipinski definition) is 0. The molecule has 0 spiro atoms. The monoisotopic (exact) mass is 298 g/mol. The maximum Gasteiger partial charge on any atom is 0.146 e. The van der Waals surface area contributed by atoms with E-state index in [1.54, 1.807) is 12.1 Å².